The summed E-state index contributed by atoms with van der Waals surface area (Å²) in [6.45, 7) is 1.95. The van der Waals surface area contributed by atoms with Crippen molar-refractivity contribution in [2.24, 2.45) is 0 Å². The van der Waals surface area contributed by atoms with Gasteiger partial charge in [-0.1, -0.05) is 46.3 Å². The molecule has 0 aliphatic heterocycles. The van der Waals surface area contributed by atoms with Crippen molar-refractivity contribution >= 4 is 50.4 Å². The molecule has 1 aromatic heterocycles. The Hall–Kier alpha value is -4.28. The van der Waals surface area contributed by atoms with Gasteiger partial charge in [-0.15, -0.1) is 0 Å². The van der Waals surface area contributed by atoms with Crippen molar-refractivity contribution in [3.8, 4) is 17.2 Å². The Labute approximate surface area is 275 Å². The number of nitrogens with zero attached hydrogens (tertiary/aromatic N) is 2. The van der Waals surface area contributed by atoms with Gasteiger partial charge >= 0.3 is 5.97 Å². The maximum atomic E-state index is 13.7. The van der Waals surface area contributed by atoms with E-state index < -0.39 is 11.4 Å². The van der Waals surface area contributed by atoms with Gasteiger partial charge in [0.2, 0.25) is 0 Å². The van der Waals surface area contributed by atoms with Crippen LogP contribution in [0, 0.1) is 0 Å². The molecule has 0 bridgehead atoms. The normalized spacial score (nSPS) is 11.9. The van der Waals surface area contributed by atoms with Gasteiger partial charge in [0.05, 0.1) is 39.7 Å². The standard InChI is InChI=1S/C27H26N2O5S.C8H9BrO/c1-4-34-26(31)27(16-18-5-10-21(32-2)11-6-18,20-9-14-23-24(15-20)29-35-28-23)17-25(30)19-7-12-22(33-3)13-8-19;1-10-8-4-2-7(6-9)3-5-8/h5-15H,4,16-17H2,1-3H3;2-5H,6H2,1H3. The summed E-state index contributed by atoms with van der Waals surface area (Å²) in [5.41, 5.74) is 3.44. The van der Waals surface area contributed by atoms with Crippen molar-refractivity contribution in [3.63, 3.8) is 0 Å². The van der Waals surface area contributed by atoms with Crippen LogP contribution in [0.25, 0.3) is 11.0 Å². The van der Waals surface area contributed by atoms with E-state index in [1.807, 2.05) is 66.7 Å². The molecule has 0 saturated carbocycles. The molecule has 1 unspecified atom stereocenters. The lowest BCUT2D eigenvalue weighted by molar-refractivity contribution is -0.150. The molecule has 0 N–H and O–H groups in total. The number of Topliss-reactive ketones (excluding diaryl/α,β-unsaturated/α-hetero) is 1. The summed E-state index contributed by atoms with van der Waals surface area (Å²) >= 11 is 4.47. The highest BCUT2D eigenvalue weighted by Gasteiger charge is 2.44. The number of rotatable bonds is 12. The second-order valence-corrected chi connectivity index (χ2v) is 11.2. The first-order valence-corrected chi connectivity index (χ1v) is 16.1. The number of ketones is 1. The van der Waals surface area contributed by atoms with E-state index in [9.17, 15) is 9.59 Å². The molecule has 0 radical (unpaired) electrons. The van der Waals surface area contributed by atoms with Crippen LogP contribution in [-0.4, -0.2) is 48.4 Å². The molecule has 1 heterocycles. The van der Waals surface area contributed by atoms with Crippen molar-refractivity contribution < 1.29 is 28.5 Å². The zero-order chi connectivity index (χ0) is 32.2. The predicted molar refractivity (Wildman–Crippen MR) is 180 cm³/mol. The van der Waals surface area contributed by atoms with Crippen LogP contribution >= 0.6 is 27.7 Å². The van der Waals surface area contributed by atoms with Crippen LogP contribution in [0.3, 0.4) is 0 Å². The highest BCUT2D eigenvalue weighted by Crippen LogP contribution is 2.37. The Morgan fingerprint density at radius 3 is 1.80 bits per heavy atom. The highest BCUT2D eigenvalue weighted by atomic mass is 79.9. The van der Waals surface area contributed by atoms with E-state index >= 15 is 0 Å². The largest absolute Gasteiger partial charge is 0.497 e. The minimum Gasteiger partial charge on any atom is -0.497 e. The topological polar surface area (TPSA) is 96.8 Å². The molecular weight excluding hydrogens is 656 g/mol. The Morgan fingerprint density at radius 1 is 0.733 bits per heavy atom. The zero-order valence-corrected chi connectivity index (χ0v) is 28.0. The second-order valence-electron chi connectivity index (χ2n) is 10.1. The average Bonchev–Trinajstić information content (AvgIpc) is 3.57. The van der Waals surface area contributed by atoms with Crippen LogP contribution in [0.1, 0.15) is 40.4 Å². The number of methoxy groups -OCH3 is 3. The molecular formula is C35H35BrN2O6S. The van der Waals surface area contributed by atoms with Crippen LogP contribution in [0.5, 0.6) is 17.2 Å². The molecule has 5 aromatic rings. The summed E-state index contributed by atoms with van der Waals surface area (Å²) in [6.07, 6.45) is 0.189. The van der Waals surface area contributed by atoms with Gasteiger partial charge in [-0.2, -0.15) is 8.75 Å². The van der Waals surface area contributed by atoms with E-state index in [2.05, 4.69) is 24.7 Å². The first-order chi connectivity index (χ1) is 21.8. The SMILES string of the molecule is CCOC(=O)C(CC(=O)c1ccc(OC)cc1)(Cc1ccc(OC)cc1)c1ccc2nsnc2c1.COc1ccc(CBr)cc1. The first-order valence-electron chi connectivity index (χ1n) is 14.2. The number of ether oxygens (including phenoxy) is 4. The van der Waals surface area contributed by atoms with Crippen molar-refractivity contribution in [1.29, 1.82) is 0 Å². The zero-order valence-electron chi connectivity index (χ0n) is 25.6. The fourth-order valence-electron chi connectivity index (χ4n) is 4.84. The van der Waals surface area contributed by atoms with Gasteiger partial charge in [0.25, 0.3) is 0 Å². The number of fused-ring (bicyclic) bond motifs is 1. The third kappa shape index (κ3) is 8.46. The quantitative estimate of drug-likeness (QED) is 0.0750. The Kier molecular flexibility index (Phi) is 12.1. The molecule has 10 heteroatoms. The van der Waals surface area contributed by atoms with E-state index in [1.54, 1.807) is 52.5 Å². The molecule has 234 valence electrons. The maximum Gasteiger partial charge on any atom is 0.317 e. The summed E-state index contributed by atoms with van der Waals surface area (Å²) in [7, 11) is 4.84. The monoisotopic (exact) mass is 690 g/mol. The molecule has 5 rings (SSSR count). The van der Waals surface area contributed by atoms with Crippen LogP contribution < -0.4 is 14.2 Å². The lowest BCUT2D eigenvalue weighted by Crippen LogP contribution is -2.42. The maximum absolute atomic E-state index is 13.7. The van der Waals surface area contributed by atoms with Crippen LogP contribution in [0.2, 0.25) is 0 Å². The van der Waals surface area contributed by atoms with E-state index in [-0.39, 0.29) is 25.2 Å². The summed E-state index contributed by atoms with van der Waals surface area (Å²) in [4.78, 5) is 27.2. The van der Waals surface area contributed by atoms with Crippen molar-refractivity contribution in [2.45, 2.75) is 30.5 Å². The Balaban J connectivity index is 0.000000392. The number of carbonyl (C=O) groups is 2. The van der Waals surface area contributed by atoms with E-state index in [0.717, 1.165) is 33.9 Å². The van der Waals surface area contributed by atoms with Gasteiger partial charge in [0, 0.05) is 17.3 Å². The van der Waals surface area contributed by atoms with Crippen LogP contribution in [-0.2, 0) is 26.7 Å². The molecule has 0 saturated heterocycles. The van der Waals surface area contributed by atoms with Gasteiger partial charge < -0.3 is 18.9 Å². The number of carbonyl (C=O) groups excluding carboxylic acids is 2. The number of esters is 1. The molecule has 0 aliphatic carbocycles. The fourth-order valence-corrected chi connectivity index (χ4v) is 5.73. The molecule has 0 amide bonds. The van der Waals surface area contributed by atoms with E-state index in [1.165, 1.54) is 5.56 Å². The Morgan fingerprint density at radius 2 is 1.27 bits per heavy atom. The lowest BCUT2D eigenvalue weighted by atomic mass is 9.71. The van der Waals surface area contributed by atoms with E-state index in [4.69, 9.17) is 18.9 Å². The number of aromatic nitrogens is 2. The van der Waals surface area contributed by atoms with Gasteiger partial charge in [0.15, 0.2) is 5.78 Å². The predicted octanol–water partition coefficient (Wildman–Crippen LogP) is 7.62. The van der Waals surface area contributed by atoms with Crippen molar-refractivity contribution in [1.82, 2.24) is 8.75 Å². The minimum atomic E-state index is -1.26. The number of hydrogen-bond donors (Lipinski definition) is 0. The molecule has 0 spiro atoms. The minimum absolute atomic E-state index is 0.0761. The third-order valence-electron chi connectivity index (χ3n) is 7.33. The second kappa shape index (κ2) is 16.2. The molecule has 0 fully saturated rings. The van der Waals surface area contributed by atoms with Crippen LogP contribution in [0.4, 0.5) is 0 Å². The van der Waals surface area contributed by atoms with E-state index in [0.29, 0.717) is 28.1 Å². The Bertz CT molecular complexity index is 1670. The molecule has 0 aliphatic rings. The molecule has 1 atom stereocenters. The van der Waals surface area contributed by atoms with Gasteiger partial charge in [-0.25, -0.2) is 0 Å². The number of hydrogen-bond acceptors (Lipinski definition) is 9. The fraction of sp³-hybridized carbons (Fsp3) is 0.257. The van der Waals surface area contributed by atoms with Gasteiger partial charge in [-0.05, 0) is 90.7 Å². The average molecular weight is 692 g/mol. The number of benzene rings is 4. The van der Waals surface area contributed by atoms with Crippen LogP contribution in [0.15, 0.2) is 91.0 Å². The van der Waals surface area contributed by atoms with Gasteiger partial charge in [-0.3, -0.25) is 9.59 Å². The summed E-state index contributed by atoms with van der Waals surface area (Å²) in [5, 5.41) is 0.900. The first kappa shape index (κ1) is 33.6. The molecule has 4 aromatic carbocycles. The highest BCUT2D eigenvalue weighted by molar-refractivity contribution is 9.08. The summed E-state index contributed by atoms with van der Waals surface area (Å²) in [6, 6.07) is 27.8. The number of halogens is 1. The smallest absolute Gasteiger partial charge is 0.317 e. The number of alkyl halides is 1. The lowest BCUT2D eigenvalue weighted by Gasteiger charge is -2.32. The van der Waals surface area contributed by atoms with Crippen molar-refractivity contribution in [2.75, 3.05) is 27.9 Å². The summed E-state index contributed by atoms with van der Waals surface area (Å²) < 4.78 is 29.7. The third-order valence-corrected chi connectivity index (χ3v) is 8.53. The van der Waals surface area contributed by atoms with Crippen molar-refractivity contribution in [3.05, 3.63) is 113 Å². The summed E-state index contributed by atoms with van der Waals surface area (Å²) in [5.74, 6) is 1.63. The molecule has 8 nitrogen and oxygen atoms in total. The van der Waals surface area contributed by atoms with Gasteiger partial charge in [0.1, 0.15) is 33.7 Å². The molecule has 45 heavy (non-hydrogen) atoms.